The first-order chi connectivity index (χ1) is 35.7. The minimum absolute atomic E-state index is 0.329. The Bertz CT molecular complexity index is 1610. The average molecular weight is 1070 g/mol. The van der Waals surface area contributed by atoms with Crippen molar-refractivity contribution in [3.05, 3.63) is 89.1 Å². The van der Waals surface area contributed by atoms with E-state index in [0.717, 1.165) is 52.2 Å². The van der Waals surface area contributed by atoms with E-state index in [1.807, 2.05) is 100 Å². The molecule has 442 valence electrons. The van der Waals surface area contributed by atoms with Crippen molar-refractivity contribution in [2.24, 2.45) is 0 Å². The Labute approximate surface area is 467 Å². The average Bonchev–Trinajstić information content (AvgIpc) is 4.24. The summed E-state index contributed by atoms with van der Waals surface area (Å²) in [5.41, 5.74) is 3.28. The van der Waals surface area contributed by atoms with Gasteiger partial charge in [0.05, 0.1) is 23.4 Å². The SMILES string of the molecule is CC.CC.CC.CC.CC.CC(C)c1cc(C(C)C)on1.CC(C)c1cn(C(C)C)cn1.CC(C)c1coc(C(C)C)n1.CC(C)c1n[nH]c(C(C)C)n1.CC(C)c1ncn(C(C)C)n1.CC(C)c1noc(C(C)C)n1. The van der Waals surface area contributed by atoms with Gasteiger partial charge >= 0.3 is 0 Å². The van der Waals surface area contributed by atoms with Crippen LogP contribution in [0.15, 0.2) is 44.6 Å². The molecule has 0 unspecified atom stereocenters. The van der Waals surface area contributed by atoms with Gasteiger partial charge in [0, 0.05) is 65.8 Å². The van der Waals surface area contributed by atoms with Gasteiger partial charge in [0.15, 0.2) is 23.4 Å². The van der Waals surface area contributed by atoms with Crippen molar-refractivity contribution in [3.63, 3.8) is 0 Å². The van der Waals surface area contributed by atoms with Gasteiger partial charge < -0.3 is 18.0 Å². The standard InChI is InChI=1S/C9H16N2.2C9H15NO.2C8H15N3.C8H14N2O.5C2H6/c1-7(2)9-5-11(6-10-9)8(3)4;1-6(2)8-5-11-9(10-8)7(3)4;1-6(2)8-5-9(7(3)4)11-10-8;1-6(2)8-9-5-11(10-8)7(3)4;2*1-5(2)7-9-8(6(3)4)11-10-7;5*1-2/h5-8H,1-4H3;3*5-7H,1-4H3;5-6H,1-4H3,(H,9,10,11);5-6H,1-4H3;5*1-2H3. The first-order valence-corrected chi connectivity index (χ1v) is 29.3. The molecule has 6 aromatic rings. The molecule has 0 atom stereocenters. The lowest BCUT2D eigenvalue weighted by Crippen LogP contribution is -2.02. The van der Waals surface area contributed by atoms with Crippen molar-refractivity contribution >= 4 is 0 Å². The molecule has 6 heterocycles. The summed E-state index contributed by atoms with van der Waals surface area (Å²) >= 11 is 0. The molecule has 0 fully saturated rings. The Hall–Kier alpha value is -4.95. The highest BCUT2D eigenvalue weighted by atomic mass is 16.5. The third kappa shape index (κ3) is 33.9. The monoisotopic (exact) mass is 1070 g/mol. The minimum Gasteiger partial charge on any atom is -0.448 e. The van der Waals surface area contributed by atoms with E-state index in [1.165, 1.54) is 5.69 Å². The number of H-pyrrole nitrogens is 1. The van der Waals surface area contributed by atoms with Crippen LogP contribution in [0.4, 0.5) is 0 Å². The lowest BCUT2D eigenvalue weighted by atomic mass is 10.1. The van der Waals surface area contributed by atoms with Gasteiger partial charge in [-0.25, -0.2) is 19.9 Å². The number of aromatic amines is 1. The predicted octanol–water partition coefficient (Wildman–Crippen LogP) is 19.9. The maximum absolute atomic E-state index is 5.28. The summed E-state index contributed by atoms with van der Waals surface area (Å²) in [4.78, 5) is 21.4. The number of hydrogen-bond donors (Lipinski definition) is 1. The smallest absolute Gasteiger partial charge is 0.229 e. The Morgan fingerprint density at radius 1 is 0.408 bits per heavy atom. The zero-order valence-electron chi connectivity index (χ0n) is 55.5. The van der Waals surface area contributed by atoms with Crippen molar-refractivity contribution in [2.45, 2.75) is 307 Å². The molecule has 0 aliphatic carbocycles. The molecule has 0 amide bonds. The normalized spacial score (nSPS) is 10.3. The van der Waals surface area contributed by atoms with Crippen molar-refractivity contribution in [3.8, 4) is 0 Å². The van der Waals surface area contributed by atoms with Gasteiger partial charge in [-0.1, -0.05) is 218 Å². The maximum atomic E-state index is 5.28. The highest BCUT2D eigenvalue weighted by Gasteiger charge is 2.13. The molecule has 15 heteroatoms. The van der Waals surface area contributed by atoms with Gasteiger partial charge in [-0.3, -0.25) is 9.78 Å². The van der Waals surface area contributed by atoms with Crippen LogP contribution in [-0.2, 0) is 0 Å². The number of aromatic nitrogens is 12. The van der Waals surface area contributed by atoms with E-state index in [9.17, 15) is 0 Å². The second-order valence-electron chi connectivity index (χ2n) is 20.4. The van der Waals surface area contributed by atoms with Crippen molar-refractivity contribution < 1.29 is 13.5 Å². The molecule has 76 heavy (non-hydrogen) atoms. The summed E-state index contributed by atoms with van der Waals surface area (Å²) in [6.07, 6.45) is 7.56. The first-order valence-electron chi connectivity index (χ1n) is 29.3. The number of hydrogen-bond acceptors (Lipinski definition) is 12. The van der Waals surface area contributed by atoms with Crippen molar-refractivity contribution in [2.75, 3.05) is 0 Å². The molecule has 6 rings (SSSR count). The molecule has 0 spiro atoms. The third-order valence-electron chi connectivity index (χ3n) is 9.76. The molecule has 0 saturated heterocycles. The molecule has 0 aliphatic heterocycles. The zero-order chi connectivity index (χ0) is 60.6. The highest BCUT2D eigenvalue weighted by molar-refractivity contribution is 5.11. The third-order valence-corrected chi connectivity index (χ3v) is 9.76. The van der Waals surface area contributed by atoms with Crippen LogP contribution in [-0.4, -0.2) is 59.8 Å². The fraction of sp³-hybridized carbons (Fsp3) is 0.754. The van der Waals surface area contributed by atoms with Crippen LogP contribution in [0.5, 0.6) is 0 Å². The van der Waals surface area contributed by atoms with E-state index in [4.69, 9.17) is 13.5 Å². The van der Waals surface area contributed by atoms with Gasteiger partial charge in [-0.2, -0.15) is 15.2 Å². The Morgan fingerprint density at radius 2 is 0.895 bits per heavy atom. The first kappa shape index (κ1) is 79.9. The Kier molecular flexibility index (Phi) is 48.6. The second kappa shape index (κ2) is 46.2. The van der Waals surface area contributed by atoms with Crippen LogP contribution in [0.25, 0.3) is 0 Å². The molecular formula is C61H120N12O3. The van der Waals surface area contributed by atoms with E-state index in [2.05, 4.69) is 214 Å². The minimum atomic E-state index is 0.329. The summed E-state index contributed by atoms with van der Waals surface area (Å²) < 4.78 is 19.5. The lowest BCUT2D eigenvalue weighted by molar-refractivity contribution is 0.359. The quantitative estimate of drug-likeness (QED) is 0.123. The van der Waals surface area contributed by atoms with Crippen LogP contribution in [0.2, 0.25) is 0 Å². The molecule has 0 aromatic carbocycles. The van der Waals surface area contributed by atoms with Gasteiger partial charge in [-0.05, 0) is 45.4 Å². The number of nitrogens with zero attached hydrogens (tertiary/aromatic N) is 11. The van der Waals surface area contributed by atoms with E-state index >= 15 is 0 Å². The summed E-state index contributed by atoms with van der Waals surface area (Å²) in [7, 11) is 0. The summed E-state index contributed by atoms with van der Waals surface area (Å²) in [5.74, 6) is 10.4. The number of nitrogens with one attached hydrogen (secondary N) is 1. The van der Waals surface area contributed by atoms with Crippen LogP contribution in [0, 0.1) is 0 Å². The second-order valence-corrected chi connectivity index (χ2v) is 20.4. The molecule has 0 bridgehead atoms. The molecule has 0 radical (unpaired) electrons. The van der Waals surface area contributed by atoms with E-state index in [1.54, 1.807) is 12.6 Å². The van der Waals surface area contributed by atoms with Gasteiger partial charge in [0.1, 0.15) is 24.2 Å². The number of oxazole rings is 1. The van der Waals surface area contributed by atoms with Crippen LogP contribution < -0.4 is 0 Å². The van der Waals surface area contributed by atoms with Crippen molar-refractivity contribution in [1.29, 1.82) is 0 Å². The molecular weight excluding hydrogens is 949 g/mol. The molecule has 0 aliphatic rings. The van der Waals surface area contributed by atoms with Crippen molar-refractivity contribution in [1.82, 2.24) is 59.8 Å². The molecule has 0 saturated carbocycles. The van der Waals surface area contributed by atoms with Crippen LogP contribution in [0.3, 0.4) is 0 Å². The highest BCUT2D eigenvalue weighted by Crippen LogP contribution is 2.21. The Balaban J connectivity index is -0.000000256. The molecule has 1 N–H and O–H groups in total. The van der Waals surface area contributed by atoms with Gasteiger partial charge in [-0.15, -0.1) is 0 Å². The number of imidazole rings is 1. The summed E-state index contributed by atoms with van der Waals surface area (Å²) in [6, 6.07) is 2.97. The van der Waals surface area contributed by atoms with Crippen LogP contribution in [0.1, 0.15) is 365 Å². The largest absolute Gasteiger partial charge is 0.448 e. The van der Waals surface area contributed by atoms with E-state index in [0.29, 0.717) is 71.3 Å². The summed E-state index contributed by atoms with van der Waals surface area (Å²) in [6.45, 7) is 70.4. The number of rotatable bonds is 12. The molecule has 6 aromatic heterocycles. The van der Waals surface area contributed by atoms with Gasteiger partial charge in [0.2, 0.25) is 5.89 Å². The predicted molar refractivity (Wildman–Crippen MR) is 324 cm³/mol. The van der Waals surface area contributed by atoms with E-state index in [-0.39, 0.29) is 0 Å². The summed E-state index contributed by atoms with van der Waals surface area (Å²) in [5, 5.41) is 19.2. The zero-order valence-corrected chi connectivity index (χ0v) is 55.5. The van der Waals surface area contributed by atoms with Gasteiger partial charge in [0.25, 0.3) is 0 Å². The Morgan fingerprint density at radius 3 is 1.13 bits per heavy atom. The fourth-order valence-corrected chi connectivity index (χ4v) is 4.93. The van der Waals surface area contributed by atoms with E-state index < -0.39 is 0 Å². The fourth-order valence-electron chi connectivity index (χ4n) is 4.93. The van der Waals surface area contributed by atoms with Crippen LogP contribution >= 0.6 is 0 Å². The maximum Gasteiger partial charge on any atom is 0.229 e. The molecule has 15 nitrogen and oxygen atoms in total. The topological polar surface area (TPSA) is 181 Å². The lowest BCUT2D eigenvalue weighted by Gasteiger charge is -2.04.